The minimum absolute atomic E-state index is 0.0312. The Labute approximate surface area is 143 Å². The van der Waals surface area contributed by atoms with Gasteiger partial charge in [0.15, 0.2) is 11.5 Å². The van der Waals surface area contributed by atoms with Gasteiger partial charge < -0.3 is 14.6 Å². The van der Waals surface area contributed by atoms with Gasteiger partial charge in [0.2, 0.25) is 0 Å². The molecule has 2 bridgehead atoms. The standard InChI is InChI=1S/C18H25N3O3/c1-9-16(22)11-7-12-13(8-19)20(3)10(2)15(21(12)4)14(11)18(24-6)17(9)23-5/h10,12-13,15,22H,7H2,1-6H3/t10-,12-,13-,15-/m0/s1. The molecule has 3 rings (SSSR count). The molecule has 2 aliphatic rings. The van der Waals surface area contributed by atoms with Crippen LogP contribution >= 0.6 is 0 Å². The molecule has 0 aliphatic carbocycles. The fourth-order valence-electron chi connectivity index (χ4n) is 4.46. The third-order valence-corrected chi connectivity index (χ3v) is 5.87. The minimum atomic E-state index is -0.206. The maximum atomic E-state index is 10.8. The Hall–Kier alpha value is -1.97. The van der Waals surface area contributed by atoms with E-state index in [-0.39, 0.29) is 29.9 Å². The van der Waals surface area contributed by atoms with Gasteiger partial charge in [-0.05, 0) is 34.4 Å². The van der Waals surface area contributed by atoms with E-state index in [1.165, 1.54) is 0 Å². The number of methoxy groups -OCH3 is 2. The van der Waals surface area contributed by atoms with Gasteiger partial charge in [0.05, 0.1) is 26.3 Å². The Kier molecular flexibility index (Phi) is 4.10. The molecule has 6 nitrogen and oxygen atoms in total. The molecule has 1 saturated heterocycles. The summed E-state index contributed by atoms with van der Waals surface area (Å²) in [6.07, 6.45) is 0.616. The van der Waals surface area contributed by atoms with Crippen molar-refractivity contribution in [1.29, 1.82) is 5.26 Å². The minimum Gasteiger partial charge on any atom is -0.507 e. The van der Waals surface area contributed by atoms with Gasteiger partial charge >= 0.3 is 0 Å². The summed E-state index contributed by atoms with van der Waals surface area (Å²) < 4.78 is 11.2. The molecule has 0 unspecified atom stereocenters. The highest BCUT2D eigenvalue weighted by atomic mass is 16.5. The van der Waals surface area contributed by atoms with E-state index in [1.54, 1.807) is 14.2 Å². The van der Waals surface area contributed by atoms with Crippen molar-refractivity contribution in [1.82, 2.24) is 9.80 Å². The van der Waals surface area contributed by atoms with Crippen molar-refractivity contribution in [2.24, 2.45) is 0 Å². The van der Waals surface area contributed by atoms with E-state index >= 15 is 0 Å². The molecule has 1 aromatic rings. The fourth-order valence-corrected chi connectivity index (χ4v) is 4.46. The van der Waals surface area contributed by atoms with E-state index in [1.807, 2.05) is 14.0 Å². The van der Waals surface area contributed by atoms with Crippen molar-refractivity contribution in [2.75, 3.05) is 28.3 Å². The quantitative estimate of drug-likeness (QED) is 0.892. The second kappa shape index (κ2) is 5.83. The van der Waals surface area contributed by atoms with Crippen LogP contribution in [0.5, 0.6) is 17.2 Å². The Balaban J connectivity index is 2.31. The number of nitriles is 1. The topological polar surface area (TPSA) is 69.0 Å². The summed E-state index contributed by atoms with van der Waals surface area (Å²) in [6.45, 7) is 3.95. The average Bonchev–Trinajstić information content (AvgIpc) is 2.57. The average molecular weight is 331 g/mol. The summed E-state index contributed by atoms with van der Waals surface area (Å²) in [7, 11) is 7.27. The number of ether oxygens (including phenoxy) is 2. The molecule has 0 aromatic heterocycles. The second-order valence-electron chi connectivity index (χ2n) is 6.79. The Bertz CT molecular complexity index is 713. The van der Waals surface area contributed by atoms with Crippen molar-refractivity contribution in [2.45, 2.75) is 44.4 Å². The molecule has 0 amide bonds. The highest BCUT2D eigenvalue weighted by Gasteiger charge is 2.49. The lowest BCUT2D eigenvalue weighted by atomic mass is 9.77. The lowest BCUT2D eigenvalue weighted by Gasteiger charge is -2.54. The molecule has 0 spiro atoms. The highest BCUT2D eigenvalue weighted by molar-refractivity contribution is 5.64. The van der Waals surface area contributed by atoms with Crippen LogP contribution < -0.4 is 9.47 Å². The predicted molar refractivity (Wildman–Crippen MR) is 90.6 cm³/mol. The van der Waals surface area contributed by atoms with Gasteiger partial charge in [0.25, 0.3) is 0 Å². The molecule has 6 heteroatoms. The van der Waals surface area contributed by atoms with Crippen LogP contribution in [0.25, 0.3) is 0 Å². The molecule has 1 fully saturated rings. The van der Waals surface area contributed by atoms with Crippen molar-refractivity contribution in [3.8, 4) is 23.3 Å². The molecule has 0 radical (unpaired) electrons. The third kappa shape index (κ3) is 2.01. The fraction of sp³-hybridized carbons (Fsp3) is 0.611. The molecule has 2 heterocycles. The maximum Gasteiger partial charge on any atom is 0.167 e. The number of phenols is 1. The monoisotopic (exact) mass is 331 g/mol. The first kappa shape index (κ1) is 16.9. The number of nitrogens with zero attached hydrogens (tertiary/aromatic N) is 3. The molecule has 2 aliphatic heterocycles. The van der Waals surface area contributed by atoms with Crippen LogP contribution in [0.2, 0.25) is 0 Å². The summed E-state index contributed by atoms with van der Waals surface area (Å²) >= 11 is 0. The number of benzene rings is 1. The van der Waals surface area contributed by atoms with Gasteiger partial charge in [-0.3, -0.25) is 9.80 Å². The van der Waals surface area contributed by atoms with Crippen LogP contribution in [0, 0.1) is 18.3 Å². The van der Waals surface area contributed by atoms with Crippen LogP contribution in [-0.4, -0.2) is 61.3 Å². The van der Waals surface area contributed by atoms with Crippen LogP contribution in [0.15, 0.2) is 0 Å². The number of likely N-dealkylation sites (N-methyl/N-ethyl adjacent to an activating group) is 2. The van der Waals surface area contributed by atoms with Gasteiger partial charge in [0, 0.05) is 28.8 Å². The number of hydrogen-bond acceptors (Lipinski definition) is 6. The van der Waals surface area contributed by atoms with E-state index in [0.717, 1.165) is 11.1 Å². The summed E-state index contributed by atoms with van der Waals surface area (Å²) in [5.41, 5.74) is 2.55. The molecule has 24 heavy (non-hydrogen) atoms. The van der Waals surface area contributed by atoms with E-state index in [0.29, 0.717) is 23.5 Å². The van der Waals surface area contributed by atoms with E-state index in [2.05, 4.69) is 29.8 Å². The van der Waals surface area contributed by atoms with Gasteiger partial charge in [0.1, 0.15) is 11.8 Å². The highest BCUT2D eigenvalue weighted by Crippen LogP contribution is 2.53. The van der Waals surface area contributed by atoms with Crippen molar-refractivity contribution < 1.29 is 14.6 Å². The lowest BCUT2D eigenvalue weighted by Crippen LogP contribution is -2.64. The predicted octanol–water partition coefficient (Wildman–Crippen LogP) is 1.84. The van der Waals surface area contributed by atoms with Crippen LogP contribution in [0.4, 0.5) is 0 Å². The third-order valence-electron chi connectivity index (χ3n) is 5.87. The number of fused-ring (bicyclic) bond motifs is 4. The summed E-state index contributed by atoms with van der Waals surface area (Å²) in [5, 5.41) is 20.4. The molecule has 4 atom stereocenters. The lowest BCUT2D eigenvalue weighted by molar-refractivity contribution is -0.0227. The summed E-state index contributed by atoms with van der Waals surface area (Å²) in [6, 6.07) is 2.40. The normalized spacial score (nSPS) is 29.7. The van der Waals surface area contributed by atoms with Gasteiger partial charge in [-0.15, -0.1) is 0 Å². The van der Waals surface area contributed by atoms with Gasteiger partial charge in [-0.25, -0.2) is 0 Å². The second-order valence-corrected chi connectivity index (χ2v) is 6.79. The van der Waals surface area contributed by atoms with Crippen LogP contribution in [0.1, 0.15) is 29.7 Å². The van der Waals surface area contributed by atoms with Gasteiger partial charge in [-0.1, -0.05) is 0 Å². The van der Waals surface area contributed by atoms with E-state index < -0.39 is 0 Å². The zero-order chi connectivity index (χ0) is 17.8. The first-order valence-electron chi connectivity index (χ1n) is 8.18. The Morgan fingerprint density at radius 1 is 1.17 bits per heavy atom. The smallest absolute Gasteiger partial charge is 0.167 e. The maximum absolute atomic E-state index is 10.8. The van der Waals surface area contributed by atoms with E-state index in [4.69, 9.17) is 9.47 Å². The molecular formula is C18H25N3O3. The Morgan fingerprint density at radius 2 is 1.79 bits per heavy atom. The molecule has 1 aromatic carbocycles. The summed E-state index contributed by atoms with van der Waals surface area (Å²) in [4.78, 5) is 4.37. The van der Waals surface area contributed by atoms with E-state index in [9.17, 15) is 10.4 Å². The Morgan fingerprint density at radius 3 is 2.33 bits per heavy atom. The molecule has 130 valence electrons. The number of piperazine rings is 1. The first-order valence-corrected chi connectivity index (χ1v) is 8.18. The SMILES string of the molecule is COc1c(C)c(O)c2c(c1OC)[C@@H]1[C@H](C)N(C)[C@@H](C#N)[C@H](C2)N1C. The zero-order valence-corrected chi connectivity index (χ0v) is 15.1. The molecule has 0 saturated carbocycles. The number of rotatable bonds is 2. The van der Waals surface area contributed by atoms with Crippen LogP contribution in [0.3, 0.4) is 0 Å². The number of hydrogen-bond donors (Lipinski definition) is 1. The summed E-state index contributed by atoms with van der Waals surface area (Å²) in [5.74, 6) is 1.53. The largest absolute Gasteiger partial charge is 0.507 e. The molecular weight excluding hydrogens is 306 g/mol. The van der Waals surface area contributed by atoms with Crippen molar-refractivity contribution >= 4 is 0 Å². The number of phenolic OH excluding ortho intramolecular Hbond substituents is 1. The van der Waals surface area contributed by atoms with Crippen LogP contribution in [-0.2, 0) is 6.42 Å². The van der Waals surface area contributed by atoms with Crippen molar-refractivity contribution in [3.63, 3.8) is 0 Å². The zero-order valence-electron chi connectivity index (χ0n) is 15.1. The first-order chi connectivity index (χ1) is 11.4. The number of aromatic hydroxyl groups is 1. The van der Waals surface area contributed by atoms with Crippen molar-refractivity contribution in [3.05, 3.63) is 16.7 Å². The van der Waals surface area contributed by atoms with Gasteiger partial charge in [-0.2, -0.15) is 5.26 Å². The molecule has 1 N–H and O–H groups in total.